The molecule has 1 heterocycles. The topological polar surface area (TPSA) is 140 Å². The number of hydrogen-bond acceptors (Lipinski definition) is 3. The van der Waals surface area contributed by atoms with Crippen LogP contribution >= 0.6 is 0 Å². The smallest absolute Gasteiger partial charge is 0.264 e. The number of sulfonamides is 1. The first-order valence-electron chi connectivity index (χ1n) is 7.95. The molecule has 1 aliphatic rings. The van der Waals surface area contributed by atoms with Crippen molar-refractivity contribution in [2.24, 2.45) is 27.2 Å². The lowest BCUT2D eigenvalue weighted by Gasteiger charge is -2.24. The molecule has 0 aromatic heterocycles. The van der Waals surface area contributed by atoms with Crippen LogP contribution in [0.15, 0.2) is 63.4 Å². The number of nitrogens with zero attached hydrogens (tertiary/aromatic N) is 3. The van der Waals surface area contributed by atoms with Crippen LogP contribution in [0, 0.1) is 0 Å². The monoisotopic (exact) mass is 372 g/mol. The molecular formula is C17H20N6O2S. The van der Waals surface area contributed by atoms with Crippen molar-refractivity contribution in [1.82, 2.24) is 0 Å². The molecule has 0 saturated carbocycles. The Bertz CT molecular complexity index is 979. The lowest BCUT2D eigenvalue weighted by molar-refractivity contribution is 0.584. The summed E-state index contributed by atoms with van der Waals surface area (Å²) in [7, 11) is -3.68. The highest BCUT2D eigenvalue weighted by Gasteiger charge is 2.35. The van der Waals surface area contributed by atoms with Crippen molar-refractivity contribution in [3.63, 3.8) is 0 Å². The Morgan fingerprint density at radius 3 is 2.38 bits per heavy atom. The molecule has 0 aliphatic carbocycles. The van der Waals surface area contributed by atoms with E-state index in [1.165, 1.54) is 16.4 Å². The van der Waals surface area contributed by atoms with Crippen molar-refractivity contribution >= 4 is 33.3 Å². The fraction of sp³-hybridized carbons (Fsp3) is 0.176. The zero-order valence-electron chi connectivity index (χ0n) is 14.2. The summed E-state index contributed by atoms with van der Waals surface area (Å²) in [6.45, 7) is 1.89. The minimum Gasteiger partial charge on any atom is -0.370 e. The summed E-state index contributed by atoms with van der Waals surface area (Å²) < 4.78 is 27.7. The highest BCUT2D eigenvalue weighted by Crippen LogP contribution is 2.36. The Labute approximate surface area is 152 Å². The van der Waals surface area contributed by atoms with Crippen LogP contribution in [0.25, 0.3) is 0 Å². The van der Waals surface area contributed by atoms with Gasteiger partial charge in [0.2, 0.25) is 5.96 Å². The van der Waals surface area contributed by atoms with Crippen LogP contribution < -0.4 is 21.5 Å². The molecule has 1 aliphatic heterocycles. The lowest BCUT2D eigenvalue weighted by atomic mass is 10.1. The average molecular weight is 372 g/mol. The number of para-hydroxylation sites is 1. The van der Waals surface area contributed by atoms with E-state index in [2.05, 4.69) is 9.98 Å². The van der Waals surface area contributed by atoms with Crippen LogP contribution in [0.2, 0.25) is 0 Å². The quantitative estimate of drug-likeness (QED) is 0.545. The number of hydrogen-bond donors (Lipinski definition) is 3. The maximum atomic E-state index is 13.1. The fourth-order valence-corrected chi connectivity index (χ4v) is 4.69. The van der Waals surface area contributed by atoms with Crippen molar-refractivity contribution in [3.8, 4) is 0 Å². The molecule has 1 unspecified atom stereocenters. The van der Waals surface area contributed by atoms with Crippen LogP contribution in [0.4, 0.5) is 11.4 Å². The van der Waals surface area contributed by atoms with E-state index in [0.29, 0.717) is 12.1 Å². The van der Waals surface area contributed by atoms with Crippen LogP contribution in [0.5, 0.6) is 0 Å². The second-order valence-electron chi connectivity index (χ2n) is 5.98. The minimum absolute atomic E-state index is 0.109. The van der Waals surface area contributed by atoms with Gasteiger partial charge in [0.1, 0.15) is 0 Å². The molecule has 0 amide bonds. The summed E-state index contributed by atoms with van der Waals surface area (Å²) in [6, 6.07) is 13.5. The Morgan fingerprint density at radius 2 is 1.73 bits per heavy atom. The Hall–Kier alpha value is -3.07. The van der Waals surface area contributed by atoms with Gasteiger partial charge in [0.25, 0.3) is 10.0 Å². The van der Waals surface area contributed by atoms with Crippen LogP contribution in [-0.4, -0.2) is 26.4 Å². The molecule has 3 rings (SSSR count). The Kier molecular flexibility index (Phi) is 4.56. The molecule has 0 fully saturated rings. The summed E-state index contributed by atoms with van der Waals surface area (Å²) in [4.78, 5) is 7.81. The van der Waals surface area contributed by atoms with E-state index < -0.39 is 10.0 Å². The third-order valence-corrected chi connectivity index (χ3v) is 5.97. The van der Waals surface area contributed by atoms with Crippen molar-refractivity contribution in [2.75, 3.05) is 4.31 Å². The van der Waals surface area contributed by atoms with Crippen LogP contribution in [-0.2, 0) is 16.4 Å². The number of nitrogens with two attached hydrogens (primary N) is 3. The first-order chi connectivity index (χ1) is 12.3. The number of benzene rings is 2. The molecule has 1 atom stereocenters. The highest BCUT2D eigenvalue weighted by molar-refractivity contribution is 7.92. The number of fused-ring (bicyclic) bond motifs is 1. The molecule has 26 heavy (non-hydrogen) atoms. The van der Waals surface area contributed by atoms with E-state index in [1.807, 2.05) is 31.2 Å². The van der Waals surface area contributed by atoms with Gasteiger partial charge in [0.15, 0.2) is 5.96 Å². The number of aliphatic imine (C=N–C) groups is 2. The van der Waals surface area contributed by atoms with E-state index in [1.54, 1.807) is 12.1 Å². The van der Waals surface area contributed by atoms with E-state index in [9.17, 15) is 8.42 Å². The molecule has 8 nitrogen and oxygen atoms in total. The van der Waals surface area contributed by atoms with E-state index >= 15 is 0 Å². The molecule has 0 spiro atoms. The van der Waals surface area contributed by atoms with Gasteiger partial charge in [0.05, 0.1) is 16.3 Å². The summed E-state index contributed by atoms with van der Waals surface area (Å²) in [5, 5.41) is 0. The minimum atomic E-state index is -3.68. The SMILES string of the molecule is CC1Cc2ccccc2N1S(=O)(=O)c1ccc(N=C(N)N=C(N)N)cc1. The van der Waals surface area contributed by atoms with Crippen LogP contribution in [0.1, 0.15) is 12.5 Å². The normalized spacial score (nSPS) is 17.0. The predicted octanol–water partition coefficient (Wildman–Crippen LogP) is 1.05. The van der Waals surface area contributed by atoms with Gasteiger partial charge in [-0.1, -0.05) is 18.2 Å². The second kappa shape index (κ2) is 6.68. The summed E-state index contributed by atoms with van der Waals surface area (Å²) in [5.74, 6) is -0.310. The third kappa shape index (κ3) is 3.33. The first kappa shape index (κ1) is 17.7. The maximum Gasteiger partial charge on any atom is 0.264 e. The fourth-order valence-electron chi connectivity index (χ4n) is 3.00. The van der Waals surface area contributed by atoms with Gasteiger partial charge in [-0.05, 0) is 49.2 Å². The van der Waals surface area contributed by atoms with Crippen molar-refractivity contribution in [3.05, 3.63) is 54.1 Å². The zero-order chi connectivity index (χ0) is 18.9. The van der Waals surface area contributed by atoms with Crippen molar-refractivity contribution in [1.29, 1.82) is 0 Å². The van der Waals surface area contributed by atoms with Crippen molar-refractivity contribution in [2.45, 2.75) is 24.3 Å². The Balaban J connectivity index is 1.93. The molecule has 0 radical (unpaired) electrons. The largest absolute Gasteiger partial charge is 0.370 e. The standard InChI is InChI=1S/C17H20N6O2S/c1-11-10-12-4-2-3-5-15(12)23(11)26(24,25)14-8-6-13(7-9-14)21-17(20)22-16(18)19/h2-9,11H,10H2,1H3,(H6,18,19,20,21,22). The summed E-state index contributed by atoms with van der Waals surface area (Å²) in [6.07, 6.45) is 0.687. The Morgan fingerprint density at radius 1 is 1.08 bits per heavy atom. The van der Waals surface area contributed by atoms with Crippen molar-refractivity contribution < 1.29 is 8.42 Å². The molecular weight excluding hydrogens is 352 g/mol. The molecule has 0 bridgehead atoms. The first-order valence-corrected chi connectivity index (χ1v) is 9.39. The van der Waals surface area contributed by atoms with Gasteiger partial charge in [-0.15, -0.1) is 0 Å². The number of anilines is 1. The second-order valence-corrected chi connectivity index (χ2v) is 7.80. The molecule has 136 valence electrons. The number of guanidine groups is 2. The molecule has 0 saturated heterocycles. The van der Waals surface area contributed by atoms with Gasteiger partial charge < -0.3 is 17.2 Å². The van der Waals surface area contributed by atoms with E-state index in [4.69, 9.17) is 17.2 Å². The summed E-state index contributed by atoms with van der Waals surface area (Å²) >= 11 is 0. The zero-order valence-corrected chi connectivity index (χ0v) is 15.0. The maximum absolute atomic E-state index is 13.1. The van der Waals surface area contributed by atoms with Gasteiger partial charge in [-0.25, -0.2) is 13.4 Å². The van der Waals surface area contributed by atoms with Gasteiger partial charge >= 0.3 is 0 Å². The number of rotatable bonds is 3. The average Bonchev–Trinajstić information content (AvgIpc) is 2.90. The third-order valence-electron chi connectivity index (χ3n) is 4.03. The van der Waals surface area contributed by atoms with Gasteiger partial charge in [0, 0.05) is 6.04 Å². The van der Waals surface area contributed by atoms with E-state index in [-0.39, 0.29) is 22.9 Å². The molecule has 9 heteroatoms. The van der Waals surface area contributed by atoms with E-state index in [0.717, 1.165) is 11.3 Å². The predicted molar refractivity (Wildman–Crippen MR) is 103 cm³/mol. The molecule has 6 N–H and O–H groups in total. The molecule has 2 aromatic carbocycles. The van der Waals surface area contributed by atoms with Gasteiger partial charge in [-0.2, -0.15) is 4.99 Å². The van der Waals surface area contributed by atoms with Gasteiger partial charge in [-0.3, -0.25) is 4.31 Å². The lowest BCUT2D eigenvalue weighted by Crippen LogP contribution is -2.35. The summed E-state index contributed by atoms with van der Waals surface area (Å²) in [5.41, 5.74) is 18.2. The highest BCUT2D eigenvalue weighted by atomic mass is 32.2. The van der Waals surface area contributed by atoms with Crippen LogP contribution in [0.3, 0.4) is 0 Å². The molecule has 2 aromatic rings.